The maximum absolute atomic E-state index is 5.97. The molecule has 0 saturated carbocycles. The fraction of sp³-hybridized carbons (Fsp3) is 0.357. The van der Waals surface area contributed by atoms with Crippen molar-refractivity contribution in [1.82, 2.24) is 14.9 Å². The van der Waals surface area contributed by atoms with Gasteiger partial charge < -0.3 is 14.6 Å². The van der Waals surface area contributed by atoms with Crippen molar-refractivity contribution in [3.05, 3.63) is 44.9 Å². The van der Waals surface area contributed by atoms with Gasteiger partial charge >= 0.3 is 0 Å². The first-order chi connectivity index (χ1) is 9.65. The third-order valence-corrected chi connectivity index (χ3v) is 4.26. The summed E-state index contributed by atoms with van der Waals surface area (Å²) in [5.41, 5.74) is 2.45. The first-order valence-electron chi connectivity index (χ1n) is 6.46. The number of rotatable bonds is 4. The van der Waals surface area contributed by atoms with Crippen LogP contribution in [-0.2, 0) is 26.6 Å². The summed E-state index contributed by atoms with van der Waals surface area (Å²) in [7, 11) is 1.91. The Kier molecular flexibility index (Phi) is 4.01. The first kappa shape index (κ1) is 13.9. The molecule has 2 aromatic rings. The van der Waals surface area contributed by atoms with Crippen molar-refractivity contribution in [2.75, 3.05) is 6.61 Å². The second kappa shape index (κ2) is 5.76. The van der Waals surface area contributed by atoms with E-state index >= 15 is 0 Å². The quantitative estimate of drug-likeness (QED) is 0.915. The Labute approximate surface area is 131 Å². The third kappa shape index (κ3) is 2.71. The Hall–Kier alpha value is -1.04. The smallest absolute Gasteiger partial charge is 0.128 e. The van der Waals surface area contributed by atoms with E-state index in [-0.39, 0.29) is 0 Å². The maximum atomic E-state index is 5.97. The molecule has 1 aromatic heterocycles. The number of fused-ring (bicyclic) bond motifs is 1. The van der Waals surface area contributed by atoms with Crippen LogP contribution >= 0.6 is 27.5 Å². The highest BCUT2D eigenvalue weighted by Crippen LogP contribution is 2.32. The molecule has 0 aliphatic carbocycles. The Morgan fingerprint density at radius 3 is 3.05 bits per heavy atom. The lowest BCUT2D eigenvalue weighted by Crippen LogP contribution is -2.16. The topological polar surface area (TPSA) is 39.1 Å². The number of hydrogen-bond donors (Lipinski definition) is 1. The van der Waals surface area contributed by atoms with Gasteiger partial charge in [-0.3, -0.25) is 0 Å². The van der Waals surface area contributed by atoms with Crippen LogP contribution in [0.5, 0.6) is 5.75 Å². The van der Waals surface area contributed by atoms with Crippen molar-refractivity contribution >= 4 is 27.5 Å². The molecule has 4 nitrogen and oxygen atoms in total. The van der Waals surface area contributed by atoms with Gasteiger partial charge in [0.25, 0.3) is 0 Å². The lowest BCUT2D eigenvalue weighted by molar-refractivity contribution is 0.352. The number of nitrogens with one attached hydrogen (secondary N) is 1. The van der Waals surface area contributed by atoms with E-state index in [9.17, 15) is 0 Å². The number of imidazole rings is 1. The van der Waals surface area contributed by atoms with Gasteiger partial charge in [0.05, 0.1) is 19.3 Å². The van der Waals surface area contributed by atoms with Crippen LogP contribution in [0.2, 0.25) is 5.15 Å². The number of benzene rings is 1. The maximum Gasteiger partial charge on any atom is 0.128 e. The van der Waals surface area contributed by atoms with Crippen LogP contribution in [0.4, 0.5) is 0 Å². The summed E-state index contributed by atoms with van der Waals surface area (Å²) in [4.78, 5) is 4.26. The minimum Gasteiger partial charge on any atom is -0.493 e. The van der Waals surface area contributed by atoms with E-state index in [1.54, 1.807) is 6.20 Å². The molecule has 1 aromatic carbocycles. The molecule has 1 aliphatic rings. The summed E-state index contributed by atoms with van der Waals surface area (Å²) < 4.78 is 8.68. The predicted octanol–water partition coefficient (Wildman–Crippen LogP) is 3.06. The summed E-state index contributed by atoms with van der Waals surface area (Å²) in [5.74, 6) is 1.95. The Morgan fingerprint density at radius 2 is 2.30 bits per heavy atom. The van der Waals surface area contributed by atoms with Crippen molar-refractivity contribution in [2.24, 2.45) is 7.05 Å². The molecule has 3 rings (SSSR count). The SMILES string of the molecule is Cn1c(Cl)cnc1CNCc1cc(Br)cc2c1OCC2. The molecule has 0 spiro atoms. The lowest BCUT2D eigenvalue weighted by Gasteiger charge is -2.10. The largest absolute Gasteiger partial charge is 0.493 e. The average molecular weight is 357 g/mol. The minimum atomic E-state index is 0.647. The van der Waals surface area contributed by atoms with Gasteiger partial charge in [0.15, 0.2) is 0 Å². The van der Waals surface area contributed by atoms with Crippen LogP contribution < -0.4 is 10.1 Å². The lowest BCUT2D eigenvalue weighted by atomic mass is 10.1. The van der Waals surface area contributed by atoms with Gasteiger partial charge in [-0.25, -0.2) is 4.98 Å². The van der Waals surface area contributed by atoms with Crippen molar-refractivity contribution in [1.29, 1.82) is 0 Å². The Morgan fingerprint density at radius 1 is 1.45 bits per heavy atom. The Balaban J connectivity index is 1.69. The second-order valence-corrected chi connectivity index (χ2v) is 6.11. The average Bonchev–Trinajstić information content (AvgIpc) is 3.00. The van der Waals surface area contributed by atoms with E-state index in [2.05, 4.69) is 38.4 Å². The minimum absolute atomic E-state index is 0.647. The van der Waals surface area contributed by atoms with Crippen LogP contribution in [0.3, 0.4) is 0 Å². The summed E-state index contributed by atoms with van der Waals surface area (Å²) in [6.45, 7) is 2.19. The fourth-order valence-electron chi connectivity index (χ4n) is 2.37. The zero-order valence-electron chi connectivity index (χ0n) is 11.1. The highest BCUT2D eigenvalue weighted by atomic mass is 79.9. The van der Waals surface area contributed by atoms with Crippen LogP contribution in [0.1, 0.15) is 17.0 Å². The molecule has 6 heteroatoms. The molecule has 2 heterocycles. The highest BCUT2D eigenvalue weighted by molar-refractivity contribution is 9.10. The van der Waals surface area contributed by atoms with E-state index in [0.29, 0.717) is 11.7 Å². The normalized spacial score (nSPS) is 13.3. The molecular weight excluding hydrogens is 342 g/mol. The summed E-state index contributed by atoms with van der Waals surface area (Å²) in [6, 6.07) is 4.23. The number of hydrogen-bond acceptors (Lipinski definition) is 3. The van der Waals surface area contributed by atoms with Gasteiger partial charge in [0, 0.05) is 30.0 Å². The van der Waals surface area contributed by atoms with Gasteiger partial charge in [-0.15, -0.1) is 0 Å². The number of ether oxygens (including phenoxy) is 1. The number of nitrogens with zero attached hydrogens (tertiary/aromatic N) is 2. The zero-order chi connectivity index (χ0) is 14.1. The van der Waals surface area contributed by atoms with Gasteiger partial charge in [0.2, 0.25) is 0 Å². The van der Waals surface area contributed by atoms with Crippen molar-refractivity contribution in [3.63, 3.8) is 0 Å². The molecule has 106 valence electrons. The van der Waals surface area contributed by atoms with Gasteiger partial charge in [-0.05, 0) is 17.7 Å². The predicted molar refractivity (Wildman–Crippen MR) is 82.1 cm³/mol. The van der Waals surface area contributed by atoms with Gasteiger partial charge in [0.1, 0.15) is 16.7 Å². The second-order valence-electron chi connectivity index (χ2n) is 4.81. The van der Waals surface area contributed by atoms with E-state index in [0.717, 1.165) is 35.6 Å². The van der Waals surface area contributed by atoms with Crippen LogP contribution in [-0.4, -0.2) is 16.2 Å². The van der Waals surface area contributed by atoms with E-state index in [1.807, 2.05) is 11.6 Å². The van der Waals surface area contributed by atoms with Crippen molar-refractivity contribution in [2.45, 2.75) is 19.5 Å². The summed E-state index contributed by atoms with van der Waals surface area (Å²) >= 11 is 9.52. The van der Waals surface area contributed by atoms with E-state index in [1.165, 1.54) is 11.1 Å². The third-order valence-electron chi connectivity index (χ3n) is 3.45. The van der Waals surface area contributed by atoms with Gasteiger partial charge in [-0.1, -0.05) is 27.5 Å². The number of halogens is 2. The fourth-order valence-corrected chi connectivity index (χ4v) is 3.07. The molecule has 0 fully saturated rings. The molecule has 0 saturated heterocycles. The van der Waals surface area contributed by atoms with Crippen LogP contribution in [0.25, 0.3) is 0 Å². The van der Waals surface area contributed by atoms with E-state index in [4.69, 9.17) is 16.3 Å². The zero-order valence-corrected chi connectivity index (χ0v) is 13.5. The van der Waals surface area contributed by atoms with E-state index < -0.39 is 0 Å². The Bertz CT molecular complexity index is 642. The highest BCUT2D eigenvalue weighted by Gasteiger charge is 2.17. The molecule has 1 aliphatic heterocycles. The van der Waals surface area contributed by atoms with Crippen molar-refractivity contribution < 1.29 is 4.74 Å². The summed E-state index contributed by atoms with van der Waals surface area (Å²) in [5, 5.41) is 4.03. The van der Waals surface area contributed by atoms with Crippen LogP contribution in [0, 0.1) is 0 Å². The monoisotopic (exact) mass is 355 g/mol. The molecule has 0 unspecified atom stereocenters. The molecular formula is C14H15BrClN3O. The molecule has 0 atom stereocenters. The molecule has 0 radical (unpaired) electrons. The van der Waals surface area contributed by atoms with Crippen molar-refractivity contribution in [3.8, 4) is 5.75 Å². The molecule has 0 bridgehead atoms. The number of aromatic nitrogens is 2. The molecule has 20 heavy (non-hydrogen) atoms. The van der Waals surface area contributed by atoms with Gasteiger partial charge in [-0.2, -0.15) is 0 Å². The summed E-state index contributed by atoms with van der Waals surface area (Å²) in [6.07, 6.45) is 2.65. The first-order valence-corrected chi connectivity index (χ1v) is 7.63. The van der Waals surface area contributed by atoms with Crippen LogP contribution in [0.15, 0.2) is 22.8 Å². The molecule has 1 N–H and O–H groups in total. The standard InChI is InChI=1S/C14H15BrClN3O/c1-19-12(16)7-18-13(19)8-17-6-10-5-11(15)4-9-2-3-20-14(9)10/h4-5,7,17H,2-3,6,8H2,1H3. The molecule has 0 amide bonds.